The molecule has 0 saturated heterocycles. The molecule has 0 radical (unpaired) electrons. The summed E-state index contributed by atoms with van der Waals surface area (Å²) in [6, 6.07) is 5.66. The zero-order valence-corrected chi connectivity index (χ0v) is 12.1. The Hall–Kier alpha value is -1.69. The average Bonchev–Trinajstić information content (AvgIpc) is 2.80. The van der Waals surface area contributed by atoms with E-state index in [0.29, 0.717) is 11.4 Å². The first kappa shape index (κ1) is 13.7. The van der Waals surface area contributed by atoms with Gasteiger partial charge in [-0.05, 0) is 44.5 Å². The summed E-state index contributed by atoms with van der Waals surface area (Å²) < 4.78 is 14.1. The topological polar surface area (TPSA) is 73.8 Å². The van der Waals surface area contributed by atoms with Crippen molar-refractivity contribution in [3.63, 3.8) is 0 Å². The maximum Gasteiger partial charge on any atom is 0.140 e. The second-order valence-electron chi connectivity index (χ2n) is 4.72. The van der Waals surface area contributed by atoms with Crippen LogP contribution in [0.2, 0.25) is 0 Å². The lowest BCUT2D eigenvalue weighted by Gasteiger charge is -2.09. The van der Waals surface area contributed by atoms with Crippen LogP contribution in [0.5, 0.6) is 0 Å². The van der Waals surface area contributed by atoms with Gasteiger partial charge in [0.1, 0.15) is 12.2 Å². The predicted molar refractivity (Wildman–Crippen MR) is 76.1 cm³/mol. The summed E-state index contributed by atoms with van der Waals surface area (Å²) in [5, 5.41) is 4.15. The van der Waals surface area contributed by atoms with Crippen LogP contribution in [0, 0.1) is 6.92 Å². The molecule has 0 spiro atoms. The lowest BCUT2D eigenvalue weighted by atomic mass is 10.2. The van der Waals surface area contributed by atoms with E-state index in [4.69, 9.17) is 5.73 Å². The number of hydrogen-bond acceptors (Lipinski definition) is 4. The van der Waals surface area contributed by atoms with Crippen molar-refractivity contribution >= 4 is 16.5 Å². The summed E-state index contributed by atoms with van der Waals surface area (Å²) in [6.07, 6.45) is 1.50. The highest BCUT2D eigenvalue weighted by molar-refractivity contribution is 7.84. The molecule has 0 fully saturated rings. The normalized spacial score (nSPS) is 12.8. The fourth-order valence-corrected chi connectivity index (χ4v) is 2.94. The summed E-state index contributed by atoms with van der Waals surface area (Å²) in [5.41, 5.74) is 7.42. The van der Waals surface area contributed by atoms with Crippen LogP contribution < -0.4 is 5.73 Å². The van der Waals surface area contributed by atoms with Gasteiger partial charge in [-0.3, -0.25) is 4.21 Å². The molecule has 5 nitrogen and oxygen atoms in total. The molecule has 0 bridgehead atoms. The maximum absolute atomic E-state index is 12.3. The van der Waals surface area contributed by atoms with Crippen molar-refractivity contribution in [3.05, 3.63) is 35.9 Å². The minimum atomic E-state index is -1.14. The number of rotatable bonds is 4. The lowest BCUT2D eigenvalue weighted by Crippen LogP contribution is -2.10. The van der Waals surface area contributed by atoms with Gasteiger partial charge in [0.2, 0.25) is 0 Å². The third-order valence-corrected chi connectivity index (χ3v) is 4.20. The van der Waals surface area contributed by atoms with E-state index in [0.717, 1.165) is 16.3 Å². The number of aromatic nitrogens is 3. The summed E-state index contributed by atoms with van der Waals surface area (Å²) >= 11 is 0. The van der Waals surface area contributed by atoms with Gasteiger partial charge in [0.05, 0.1) is 16.6 Å². The Morgan fingerprint density at radius 1 is 1.42 bits per heavy atom. The molecule has 1 atom stereocenters. The Kier molecular flexibility index (Phi) is 3.99. The average molecular weight is 278 g/mol. The van der Waals surface area contributed by atoms with Crippen LogP contribution in [0.1, 0.15) is 31.3 Å². The summed E-state index contributed by atoms with van der Waals surface area (Å²) in [4.78, 5) is 4.95. The third kappa shape index (κ3) is 3.01. The quantitative estimate of drug-likeness (QED) is 0.869. The van der Waals surface area contributed by atoms with Crippen LogP contribution in [-0.2, 0) is 16.6 Å². The van der Waals surface area contributed by atoms with E-state index in [1.165, 1.54) is 6.33 Å². The van der Waals surface area contributed by atoms with Crippen LogP contribution in [-0.4, -0.2) is 19.0 Å². The Morgan fingerprint density at radius 3 is 2.79 bits per heavy atom. The minimum Gasteiger partial charge on any atom is -0.399 e. The number of nitrogens with zero attached hydrogens (tertiary/aromatic N) is 3. The van der Waals surface area contributed by atoms with E-state index in [2.05, 4.69) is 10.1 Å². The molecule has 2 N–H and O–H groups in total. The first-order chi connectivity index (χ1) is 8.99. The number of nitrogen functional groups attached to an aromatic ring is 1. The van der Waals surface area contributed by atoms with Crippen LogP contribution in [0.25, 0.3) is 0 Å². The van der Waals surface area contributed by atoms with Gasteiger partial charge in [-0.1, -0.05) is 0 Å². The van der Waals surface area contributed by atoms with E-state index < -0.39 is 10.8 Å². The molecule has 6 heteroatoms. The Balaban J connectivity index is 2.21. The Bertz CT molecular complexity index is 606. The first-order valence-electron chi connectivity index (χ1n) is 6.12. The fourth-order valence-electron chi connectivity index (χ4n) is 1.80. The zero-order chi connectivity index (χ0) is 14.0. The number of aryl methyl sites for hydroxylation is 1. The molecule has 2 rings (SSSR count). The van der Waals surface area contributed by atoms with Crippen LogP contribution in [0.3, 0.4) is 0 Å². The van der Waals surface area contributed by atoms with Crippen molar-refractivity contribution < 1.29 is 4.21 Å². The summed E-state index contributed by atoms with van der Waals surface area (Å²) in [5.74, 6) is 1.10. The Morgan fingerprint density at radius 2 is 2.16 bits per heavy atom. The van der Waals surface area contributed by atoms with Gasteiger partial charge in [0.25, 0.3) is 0 Å². The highest BCUT2D eigenvalue weighted by Crippen LogP contribution is 2.18. The molecule has 19 heavy (non-hydrogen) atoms. The summed E-state index contributed by atoms with van der Waals surface area (Å²) in [6.45, 7) is 5.95. The SMILES string of the molecule is Cc1cc(S(=O)Cc2ncnn2C(C)C)ccc1N. The zero-order valence-electron chi connectivity index (χ0n) is 11.3. The second-order valence-corrected chi connectivity index (χ2v) is 6.17. The monoisotopic (exact) mass is 278 g/mol. The molecule has 0 saturated carbocycles. The Labute approximate surface area is 115 Å². The van der Waals surface area contributed by atoms with Gasteiger partial charge in [-0.15, -0.1) is 0 Å². The second kappa shape index (κ2) is 5.52. The van der Waals surface area contributed by atoms with Crippen molar-refractivity contribution in [1.82, 2.24) is 14.8 Å². The molecular weight excluding hydrogens is 260 g/mol. The van der Waals surface area contributed by atoms with Crippen molar-refractivity contribution in [2.24, 2.45) is 0 Å². The number of benzene rings is 1. The van der Waals surface area contributed by atoms with E-state index in [-0.39, 0.29) is 6.04 Å². The number of hydrogen-bond donors (Lipinski definition) is 1. The fraction of sp³-hybridized carbons (Fsp3) is 0.385. The third-order valence-electron chi connectivity index (χ3n) is 2.90. The van der Waals surface area contributed by atoms with Crippen LogP contribution in [0.15, 0.2) is 29.4 Å². The van der Waals surface area contributed by atoms with E-state index >= 15 is 0 Å². The van der Waals surface area contributed by atoms with Crippen molar-refractivity contribution in [3.8, 4) is 0 Å². The van der Waals surface area contributed by atoms with Gasteiger partial charge >= 0.3 is 0 Å². The molecular formula is C13H18N4OS. The number of anilines is 1. The lowest BCUT2D eigenvalue weighted by molar-refractivity contribution is 0.513. The molecule has 0 aliphatic carbocycles. The van der Waals surface area contributed by atoms with Gasteiger partial charge < -0.3 is 5.73 Å². The molecule has 0 aliphatic heterocycles. The van der Waals surface area contributed by atoms with Gasteiger partial charge in [0.15, 0.2) is 0 Å². The molecule has 0 amide bonds. The molecule has 1 aromatic heterocycles. The smallest absolute Gasteiger partial charge is 0.140 e. The van der Waals surface area contributed by atoms with Gasteiger partial charge in [-0.2, -0.15) is 5.10 Å². The molecule has 1 aromatic carbocycles. The van der Waals surface area contributed by atoms with Crippen molar-refractivity contribution in [1.29, 1.82) is 0 Å². The van der Waals surface area contributed by atoms with E-state index in [1.807, 2.05) is 26.8 Å². The van der Waals surface area contributed by atoms with Crippen molar-refractivity contribution in [2.45, 2.75) is 37.5 Å². The number of nitrogens with two attached hydrogens (primary N) is 1. The largest absolute Gasteiger partial charge is 0.399 e. The highest BCUT2D eigenvalue weighted by atomic mass is 32.2. The maximum atomic E-state index is 12.3. The molecule has 2 aromatic rings. The van der Waals surface area contributed by atoms with Gasteiger partial charge in [0, 0.05) is 16.6 Å². The van der Waals surface area contributed by atoms with Crippen molar-refractivity contribution in [2.75, 3.05) is 5.73 Å². The molecule has 1 heterocycles. The first-order valence-corrected chi connectivity index (χ1v) is 7.44. The molecule has 0 aliphatic rings. The van der Waals surface area contributed by atoms with E-state index in [9.17, 15) is 4.21 Å². The van der Waals surface area contributed by atoms with Crippen LogP contribution in [0.4, 0.5) is 5.69 Å². The highest BCUT2D eigenvalue weighted by Gasteiger charge is 2.13. The minimum absolute atomic E-state index is 0.211. The predicted octanol–water partition coefficient (Wildman–Crippen LogP) is 2.06. The molecule has 102 valence electrons. The van der Waals surface area contributed by atoms with Gasteiger partial charge in [-0.25, -0.2) is 9.67 Å². The molecule has 1 unspecified atom stereocenters. The summed E-state index contributed by atoms with van der Waals surface area (Å²) in [7, 11) is -1.14. The standard InChI is InChI=1S/C13H18N4OS/c1-9(2)17-13(15-8-16-17)7-19(18)11-4-5-12(14)10(3)6-11/h4-6,8-9H,7,14H2,1-3H3. The van der Waals surface area contributed by atoms with Crippen LogP contribution >= 0.6 is 0 Å². The van der Waals surface area contributed by atoms with E-state index in [1.54, 1.807) is 16.8 Å².